The third kappa shape index (κ3) is 4.30. The van der Waals surface area contributed by atoms with Crippen LogP contribution in [0.25, 0.3) is 104 Å². The first-order valence-corrected chi connectivity index (χ1v) is 17.3. The Balaban J connectivity index is 0.991. The van der Waals surface area contributed by atoms with Crippen LogP contribution in [0.15, 0.2) is 170 Å². The molecule has 51 heavy (non-hydrogen) atoms. The SMILES string of the molecule is c1cnc2c(c1)ccc1ccc(-c3ccc4c(ccc5ccc(-c6ccc(-c7c8ccccc8n8c7cnc7ccccc78)cc6)cc54)c3)nc12. The first-order valence-electron chi connectivity index (χ1n) is 17.3. The van der Waals surface area contributed by atoms with Crippen molar-refractivity contribution in [3.63, 3.8) is 0 Å². The molecule has 4 aromatic heterocycles. The third-order valence-corrected chi connectivity index (χ3v) is 10.4. The molecule has 4 heterocycles. The van der Waals surface area contributed by atoms with Gasteiger partial charge >= 0.3 is 0 Å². The molecule has 0 bridgehead atoms. The van der Waals surface area contributed by atoms with Gasteiger partial charge < -0.3 is 4.40 Å². The lowest BCUT2D eigenvalue weighted by Crippen LogP contribution is -1.90. The zero-order chi connectivity index (χ0) is 33.5. The Bertz CT molecular complexity index is 3190. The van der Waals surface area contributed by atoms with Gasteiger partial charge in [0, 0.05) is 33.5 Å². The van der Waals surface area contributed by atoms with Crippen LogP contribution in [0.2, 0.25) is 0 Å². The summed E-state index contributed by atoms with van der Waals surface area (Å²) in [5.74, 6) is 0. The van der Waals surface area contributed by atoms with Crippen LogP contribution < -0.4 is 0 Å². The average Bonchev–Trinajstić information content (AvgIpc) is 3.55. The summed E-state index contributed by atoms with van der Waals surface area (Å²) in [5, 5.41) is 8.31. The van der Waals surface area contributed by atoms with Crippen molar-refractivity contribution in [3.8, 4) is 33.5 Å². The molecule has 0 atom stereocenters. The molecule has 236 valence electrons. The molecule has 7 aromatic carbocycles. The lowest BCUT2D eigenvalue weighted by molar-refractivity contribution is 1.27. The standard InChI is InChI=1S/C47H28N4/c1-3-9-42-38(7-1)45(44-28-49-41-8-2-4-10-43(41)51(42)44)31-15-11-29(12-16-31)34-19-13-30-14-20-35-26-36(21-23-37(35)39(30)27-34)40-24-22-33-18-17-32-6-5-25-48-46(32)47(33)50-40/h1-28H. The molecule has 11 aromatic rings. The van der Waals surface area contributed by atoms with E-state index in [9.17, 15) is 0 Å². The van der Waals surface area contributed by atoms with Gasteiger partial charge in [0.15, 0.2) is 0 Å². The summed E-state index contributed by atoms with van der Waals surface area (Å²) in [6, 6.07) is 56.5. The van der Waals surface area contributed by atoms with Crippen molar-refractivity contribution in [1.82, 2.24) is 19.4 Å². The Labute approximate surface area is 292 Å². The number of hydrogen-bond donors (Lipinski definition) is 0. The van der Waals surface area contributed by atoms with Crippen LogP contribution in [0, 0.1) is 0 Å². The molecule has 4 nitrogen and oxygen atoms in total. The van der Waals surface area contributed by atoms with Gasteiger partial charge in [-0.25, -0.2) is 4.98 Å². The summed E-state index contributed by atoms with van der Waals surface area (Å²) >= 11 is 0. The highest BCUT2D eigenvalue weighted by molar-refractivity contribution is 6.11. The predicted molar refractivity (Wildman–Crippen MR) is 212 cm³/mol. The van der Waals surface area contributed by atoms with E-state index >= 15 is 0 Å². The molecule has 0 N–H and O–H groups in total. The quantitative estimate of drug-likeness (QED) is 0.179. The summed E-state index contributed by atoms with van der Waals surface area (Å²) in [7, 11) is 0. The molecule has 0 saturated carbocycles. The minimum Gasteiger partial charge on any atom is -0.306 e. The summed E-state index contributed by atoms with van der Waals surface area (Å²) in [4.78, 5) is 14.6. The van der Waals surface area contributed by atoms with E-state index in [2.05, 4.69) is 155 Å². The largest absolute Gasteiger partial charge is 0.306 e. The fraction of sp³-hybridized carbons (Fsp3) is 0. The van der Waals surface area contributed by atoms with E-state index < -0.39 is 0 Å². The van der Waals surface area contributed by atoms with Gasteiger partial charge in [0.05, 0.1) is 45.0 Å². The molecule has 0 amide bonds. The minimum atomic E-state index is 0.934. The molecule has 0 radical (unpaired) electrons. The monoisotopic (exact) mass is 648 g/mol. The lowest BCUT2D eigenvalue weighted by Gasteiger charge is -2.10. The Morgan fingerprint density at radius 2 is 1.10 bits per heavy atom. The van der Waals surface area contributed by atoms with Crippen molar-refractivity contribution in [2.24, 2.45) is 0 Å². The van der Waals surface area contributed by atoms with Crippen molar-refractivity contribution in [2.75, 3.05) is 0 Å². The van der Waals surface area contributed by atoms with E-state index in [1.54, 1.807) is 0 Å². The normalized spacial score (nSPS) is 11.9. The number of nitrogens with zero attached hydrogens (tertiary/aromatic N) is 4. The number of benzene rings is 7. The van der Waals surface area contributed by atoms with Gasteiger partial charge in [-0.3, -0.25) is 9.97 Å². The number of fused-ring (bicyclic) bond motifs is 11. The van der Waals surface area contributed by atoms with Gasteiger partial charge in [-0.1, -0.05) is 115 Å². The van der Waals surface area contributed by atoms with Crippen molar-refractivity contribution >= 4 is 70.8 Å². The maximum absolute atomic E-state index is 5.10. The van der Waals surface area contributed by atoms with E-state index in [0.717, 1.165) is 49.6 Å². The van der Waals surface area contributed by atoms with E-state index in [1.165, 1.54) is 54.7 Å². The van der Waals surface area contributed by atoms with E-state index in [-0.39, 0.29) is 0 Å². The summed E-state index contributed by atoms with van der Waals surface area (Å²) < 4.78 is 2.34. The van der Waals surface area contributed by atoms with Crippen LogP contribution in [-0.2, 0) is 0 Å². The summed E-state index contributed by atoms with van der Waals surface area (Å²) in [5.41, 5.74) is 13.1. The highest BCUT2D eigenvalue weighted by Crippen LogP contribution is 2.39. The molecule has 0 aliphatic heterocycles. The zero-order valence-corrected chi connectivity index (χ0v) is 27.5. The number of para-hydroxylation sites is 3. The highest BCUT2D eigenvalue weighted by atomic mass is 14.9. The van der Waals surface area contributed by atoms with Gasteiger partial charge in [0.1, 0.15) is 0 Å². The van der Waals surface area contributed by atoms with Crippen LogP contribution in [0.5, 0.6) is 0 Å². The molecule has 0 spiro atoms. The third-order valence-electron chi connectivity index (χ3n) is 10.4. The van der Waals surface area contributed by atoms with E-state index in [0.29, 0.717) is 0 Å². The Morgan fingerprint density at radius 3 is 2.02 bits per heavy atom. The van der Waals surface area contributed by atoms with Crippen molar-refractivity contribution < 1.29 is 0 Å². The number of pyridine rings is 2. The second-order valence-corrected chi connectivity index (χ2v) is 13.3. The second-order valence-electron chi connectivity index (χ2n) is 13.3. The summed E-state index contributed by atoms with van der Waals surface area (Å²) in [6.45, 7) is 0. The van der Waals surface area contributed by atoms with Gasteiger partial charge in [0.2, 0.25) is 0 Å². The average molecular weight is 649 g/mol. The number of rotatable bonds is 3. The molecule has 0 aliphatic rings. The van der Waals surface area contributed by atoms with Gasteiger partial charge in [-0.05, 0) is 80.7 Å². The first kappa shape index (κ1) is 28.0. The maximum Gasteiger partial charge on any atom is 0.0972 e. The van der Waals surface area contributed by atoms with Crippen LogP contribution in [0.3, 0.4) is 0 Å². The van der Waals surface area contributed by atoms with E-state index in [1.807, 2.05) is 24.5 Å². The van der Waals surface area contributed by atoms with Crippen LogP contribution in [-0.4, -0.2) is 19.4 Å². The van der Waals surface area contributed by atoms with Gasteiger partial charge in [-0.2, -0.15) is 0 Å². The molecule has 4 heteroatoms. The number of aromatic nitrogens is 4. The van der Waals surface area contributed by atoms with E-state index in [4.69, 9.17) is 9.97 Å². The van der Waals surface area contributed by atoms with Gasteiger partial charge in [0.25, 0.3) is 0 Å². The second kappa shape index (κ2) is 10.8. The van der Waals surface area contributed by atoms with Crippen molar-refractivity contribution in [1.29, 1.82) is 0 Å². The molecular formula is C47H28N4. The van der Waals surface area contributed by atoms with Crippen LogP contribution >= 0.6 is 0 Å². The van der Waals surface area contributed by atoms with Crippen molar-refractivity contribution in [2.45, 2.75) is 0 Å². The molecule has 0 fully saturated rings. The Morgan fingerprint density at radius 1 is 0.392 bits per heavy atom. The van der Waals surface area contributed by atoms with Crippen LogP contribution in [0.4, 0.5) is 0 Å². The number of hydrogen-bond acceptors (Lipinski definition) is 3. The lowest BCUT2D eigenvalue weighted by atomic mass is 9.94. The topological polar surface area (TPSA) is 43.1 Å². The first-order chi connectivity index (χ1) is 25.3. The van der Waals surface area contributed by atoms with Gasteiger partial charge in [-0.15, -0.1) is 0 Å². The zero-order valence-electron chi connectivity index (χ0n) is 27.5. The highest BCUT2D eigenvalue weighted by Gasteiger charge is 2.16. The smallest absolute Gasteiger partial charge is 0.0972 e. The minimum absolute atomic E-state index is 0.934. The molecule has 0 unspecified atom stereocenters. The molecule has 0 saturated heterocycles. The summed E-state index contributed by atoms with van der Waals surface area (Å²) in [6.07, 6.45) is 3.85. The fourth-order valence-corrected chi connectivity index (χ4v) is 7.95. The predicted octanol–water partition coefficient (Wildman–Crippen LogP) is 12.0. The van der Waals surface area contributed by atoms with Crippen molar-refractivity contribution in [3.05, 3.63) is 170 Å². The maximum atomic E-state index is 5.10. The fourth-order valence-electron chi connectivity index (χ4n) is 7.95. The Hall–Kier alpha value is -6.91. The molecule has 0 aliphatic carbocycles. The molecular weight excluding hydrogens is 621 g/mol. The molecule has 11 rings (SSSR count). The van der Waals surface area contributed by atoms with Crippen LogP contribution in [0.1, 0.15) is 0 Å². The Kier molecular flexibility index (Phi) is 5.92.